The van der Waals surface area contributed by atoms with E-state index in [0.717, 1.165) is 19.6 Å². The van der Waals surface area contributed by atoms with Gasteiger partial charge in [-0.3, -0.25) is 0 Å². The van der Waals surface area contributed by atoms with Crippen molar-refractivity contribution < 1.29 is 0 Å². The minimum atomic E-state index is 0.996. The van der Waals surface area contributed by atoms with Crippen LogP contribution in [0.2, 0.25) is 0 Å². The molecule has 2 N–H and O–H groups in total. The maximum Gasteiger partial charge on any atom is 0.0701 e. The van der Waals surface area contributed by atoms with Crippen molar-refractivity contribution in [2.75, 3.05) is 20.1 Å². The van der Waals surface area contributed by atoms with Crippen LogP contribution in [0.3, 0.4) is 0 Å². The van der Waals surface area contributed by atoms with E-state index in [2.05, 4.69) is 38.7 Å². The molecule has 14 heavy (non-hydrogen) atoms. The van der Waals surface area contributed by atoms with E-state index in [1.807, 2.05) is 7.05 Å². The fourth-order valence-electron chi connectivity index (χ4n) is 1.21. The van der Waals surface area contributed by atoms with E-state index in [0.29, 0.717) is 0 Å². The predicted octanol–water partition coefficient (Wildman–Crippen LogP) is 2.60. The Balaban J connectivity index is 1.99. The van der Waals surface area contributed by atoms with Crippen molar-refractivity contribution in [1.29, 1.82) is 0 Å². The molecule has 0 aliphatic heterocycles. The molecule has 0 fully saturated rings. The molecule has 1 aromatic rings. The Morgan fingerprint density at radius 1 is 1.29 bits per heavy atom. The number of hydrogen-bond donors (Lipinski definition) is 2. The highest BCUT2D eigenvalue weighted by atomic mass is 79.9. The van der Waals surface area contributed by atoms with Gasteiger partial charge in [0, 0.05) is 11.4 Å². The van der Waals surface area contributed by atoms with Gasteiger partial charge in [0.25, 0.3) is 0 Å². The molecule has 0 spiro atoms. The van der Waals surface area contributed by atoms with Gasteiger partial charge in [0.15, 0.2) is 0 Å². The summed E-state index contributed by atoms with van der Waals surface area (Å²) in [4.78, 5) is 1.39. The Bertz CT molecular complexity index is 250. The third-order valence-electron chi connectivity index (χ3n) is 1.96. The number of nitrogens with one attached hydrogen (secondary N) is 2. The van der Waals surface area contributed by atoms with Crippen LogP contribution in [0.4, 0.5) is 0 Å². The molecular formula is C10H17BrN2S. The van der Waals surface area contributed by atoms with Crippen LogP contribution in [-0.4, -0.2) is 20.1 Å². The normalized spacial score (nSPS) is 10.7. The molecular weight excluding hydrogens is 260 g/mol. The van der Waals surface area contributed by atoms with Gasteiger partial charge < -0.3 is 10.6 Å². The van der Waals surface area contributed by atoms with E-state index in [4.69, 9.17) is 0 Å². The van der Waals surface area contributed by atoms with Crippen LogP contribution in [0.15, 0.2) is 15.9 Å². The molecule has 4 heteroatoms. The van der Waals surface area contributed by atoms with E-state index < -0.39 is 0 Å². The van der Waals surface area contributed by atoms with Crippen molar-refractivity contribution in [2.24, 2.45) is 0 Å². The Kier molecular flexibility index (Phi) is 6.43. The smallest absolute Gasteiger partial charge is 0.0701 e. The zero-order valence-corrected chi connectivity index (χ0v) is 10.9. The lowest BCUT2D eigenvalue weighted by atomic mass is 10.3. The second kappa shape index (κ2) is 7.40. The summed E-state index contributed by atoms with van der Waals surface area (Å²) in [7, 11) is 2.00. The lowest BCUT2D eigenvalue weighted by molar-refractivity contribution is 0.608. The summed E-state index contributed by atoms with van der Waals surface area (Å²) >= 11 is 5.26. The molecule has 0 saturated carbocycles. The lowest BCUT2D eigenvalue weighted by Gasteiger charge is -2.02. The van der Waals surface area contributed by atoms with Crippen LogP contribution >= 0.6 is 27.3 Å². The van der Waals surface area contributed by atoms with Crippen LogP contribution in [0, 0.1) is 0 Å². The Hall–Kier alpha value is 0.1000. The maximum absolute atomic E-state index is 3.46. The summed E-state index contributed by atoms with van der Waals surface area (Å²) in [5.74, 6) is 0. The molecule has 0 aliphatic rings. The molecule has 0 radical (unpaired) electrons. The average Bonchev–Trinajstić information content (AvgIpc) is 2.58. The summed E-state index contributed by atoms with van der Waals surface area (Å²) in [5, 5.41) is 6.58. The van der Waals surface area contributed by atoms with Crippen molar-refractivity contribution in [2.45, 2.75) is 19.4 Å². The van der Waals surface area contributed by atoms with Crippen molar-refractivity contribution in [3.63, 3.8) is 0 Å². The van der Waals surface area contributed by atoms with Gasteiger partial charge in [-0.05, 0) is 61.0 Å². The third-order valence-corrected chi connectivity index (χ3v) is 3.58. The summed E-state index contributed by atoms with van der Waals surface area (Å²) in [5.41, 5.74) is 0. The summed E-state index contributed by atoms with van der Waals surface area (Å²) in [6.07, 6.45) is 2.49. The van der Waals surface area contributed by atoms with E-state index in [-0.39, 0.29) is 0 Å². The lowest BCUT2D eigenvalue weighted by Crippen LogP contribution is -2.16. The Morgan fingerprint density at radius 2 is 2.07 bits per heavy atom. The van der Waals surface area contributed by atoms with Gasteiger partial charge in [0.1, 0.15) is 0 Å². The molecule has 2 nitrogen and oxygen atoms in total. The van der Waals surface area contributed by atoms with E-state index >= 15 is 0 Å². The standard InChI is InChI=1S/C10H17BrN2S/c1-12-6-2-3-7-13-8-9-4-5-10(11)14-9/h4-5,12-13H,2-3,6-8H2,1H3. The number of rotatable bonds is 7. The zero-order chi connectivity index (χ0) is 10.2. The van der Waals surface area contributed by atoms with Gasteiger partial charge in [0.05, 0.1) is 3.79 Å². The van der Waals surface area contributed by atoms with Crippen molar-refractivity contribution in [3.8, 4) is 0 Å². The van der Waals surface area contributed by atoms with Crippen molar-refractivity contribution in [3.05, 3.63) is 20.8 Å². The van der Waals surface area contributed by atoms with E-state index in [1.165, 1.54) is 21.5 Å². The first-order chi connectivity index (χ1) is 6.83. The molecule has 0 amide bonds. The molecule has 1 aromatic heterocycles. The fourth-order valence-corrected chi connectivity index (χ4v) is 2.66. The Labute approximate surface area is 98.2 Å². The highest BCUT2D eigenvalue weighted by Crippen LogP contribution is 2.21. The first-order valence-corrected chi connectivity index (χ1v) is 6.53. The second-order valence-electron chi connectivity index (χ2n) is 3.19. The second-order valence-corrected chi connectivity index (χ2v) is 5.74. The van der Waals surface area contributed by atoms with Gasteiger partial charge in [-0.2, -0.15) is 0 Å². The fraction of sp³-hybridized carbons (Fsp3) is 0.600. The number of halogens is 1. The monoisotopic (exact) mass is 276 g/mol. The summed E-state index contributed by atoms with van der Waals surface area (Å²) in [6, 6.07) is 4.26. The number of thiophene rings is 1. The van der Waals surface area contributed by atoms with E-state index in [9.17, 15) is 0 Å². The minimum absolute atomic E-state index is 0.996. The topological polar surface area (TPSA) is 24.1 Å². The van der Waals surface area contributed by atoms with Crippen molar-refractivity contribution >= 4 is 27.3 Å². The quantitative estimate of drug-likeness (QED) is 0.749. The highest BCUT2D eigenvalue weighted by Gasteiger charge is 1.96. The molecule has 1 heterocycles. The first kappa shape index (κ1) is 12.2. The highest BCUT2D eigenvalue weighted by molar-refractivity contribution is 9.11. The first-order valence-electron chi connectivity index (χ1n) is 4.92. The molecule has 0 unspecified atom stereocenters. The van der Waals surface area contributed by atoms with Gasteiger partial charge >= 0.3 is 0 Å². The largest absolute Gasteiger partial charge is 0.320 e. The van der Waals surface area contributed by atoms with Crippen LogP contribution < -0.4 is 10.6 Å². The van der Waals surface area contributed by atoms with Crippen LogP contribution in [0.1, 0.15) is 17.7 Å². The number of unbranched alkanes of at least 4 members (excludes halogenated alkanes) is 1. The average molecular weight is 277 g/mol. The van der Waals surface area contributed by atoms with Gasteiger partial charge in [-0.25, -0.2) is 0 Å². The summed E-state index contributed by atoms with van der Waals surface area (Å²) < 4.78 is 1.21. The third kappa shape index (κ3) is 5.10. The molecule has 0 aromatic carbocycles. The van der Waals surface area contributed by atoms with Crippen LogP contribution in [0.5, 0.6) is 0 Å². The van der Waals surface area contributed by atoms with Crippen LogP contribution in [0.25, 0.3) is 0 Å². The maximum atomic E-state index is 3.46. The molecule has 80 valence electrons. The summed E-state index contributed by atoms with van der Waals surface area (Å²) in [6.45, 7) is 3.22. The van der Waals surface area contributed by atoms with Crippen LogP contribution in [-0.2, 0) is 6.54 Å². The Morgan fingerprint density at radius 3 is 2.71 bits per heavy atom. The predicted molar refractivity (Wildman–Crippen MR) is 66.9 cm³/mol. The van der Waals surface area contributed by atoms with E-state index in [1.54, 1.807) is 11.3 Å². The van der Waals surface area contributed by atoms with Gasteiger partial charge in [-0.1, -0.05) is 0 Å². The van der Waals surface area contributed by atoms with Gasteiger partial charge in [0.2, 0.25) is 0 Å². The number of hydrogen-bond acceptors (Lipinski definition) is 3. The molecule has 0 saturated heterocycles. The zero-order valence-electron chi connectivity index (χ0n) is 8.48. The minimum Gasteiger partial charge on any atom is -0.320 e. The molecule has 0 bridgehead atoms. The molecule has 0 aliphatic carbocycles. The van der Waals surface area contributed by atoms with Crippen molar-refractivity contribution in [1.82, 2.24) is 10.6 Å². The SMILES string of the molecule is CNCCCCNCc1ccc(Br)s1. The molecule has 0 atom stereocenters. The molecule has 1 rings (SSSR count). The van der Waals surface area contributed by atoms with Gasteiger partial charge in [-0.15, -0.1) is 11.3 Å².